The summed E-state index contributed by atoms with van der Waals surface area (Å²) in [5.74, 6) is -1.08. The minimum absolute atomic E-state index is 0.282. The molecule has 3 heteroatoms. The Balaban J connectivity index is 3.16. The van der Waals surface area contributed by atoms with Crippen molar-refractivity contribution >= 4 is 0 Å². The van der Waals surface area contributed by atoms with Crippen LogP contribution in [0.3, 0.4) is 0 Å². The van der Waals surface area contributed by atoms with Gasteiger partial charge in [0.2, 0.25) is 5.75 Å². The van der Waals surface area contributed by atoms with Crippen LogP contribution in [0.15, 0.2) is 24.8 Å². The monoisotopic (exact) mass is 166 g/mol. The number of hydrogen-bond donors (Lipinski definition) is 3. The van der Waals surface area contributed by atoms with Gasteiger partial charge in [0, 0.05) is 5.56 Å². The van der Waals surface area contributed by atoms with Crippen LogP contribution in [0.2, 0.25) is 0 Å². The van der Waals surface area contributed by atoms with Gasteiger partial charge in [0.25, 0.3) is 0 Å². The fraction of sp³-hybridized carbons (Fsp3) is 0.111. The normalized spacial score (nSPS) is 9.67. The van der Waals surface area contributed by atoms with Gasteiger partial charge in [-0.05, 0) is 12.5 Å². The molecule has 0 aliphatic carbocycles. The fourth-order valence-electron chi connectivity index (χ4n) is 0.931. The third kappa shape index (κ3) is 1.34. The van der Waals surface area contributed by atoms with Crippen LogP contribution in [0.5, 0.6) is 17.2 Å². The molecule has 0 spiro atoms. The molecule has 0 heterocycles. The molecule has 0 aliphatic heterocycles. The average molecular weight is 166 g/mol. The number of benzene rings is 1. The molecule has 12 heavy (non-hydrogen) atoms. The molecule has 0 aromatic heterocycles. The van der Waals surface area contributed by atoms with Gasteiger partial charge in [-0.25, -0.2) is 0 Å². The molecule has 1 aromatic rings. The lowest BCUT2D eigenvalue weighted by Crippen LogP contribution is -1.82. The van der Waals surface area contributed by atoms with E-state index in [1.165, 1.54) is 12.1 Å². The van der Waals surface area contributed by atoms with E-state index in [0.29, 0.717) is 12.0 Å². The van der Waals surface area contributed by atoms with Gasteiger partial charge in [0.1, 0.15) is 0 Å². The Morgan fingerprint density at radius 2 is 1.83 bits per heavy atom. The minimum atomic E-state index is -0.477. The minimum Gasteiger partial charge on any atom is -0.504 e. The second kappa shape index (κ2) is 3.17. The van der Waals surface area contributed by atoms with Crippen LogP contribution in [0.25, 0.3) is 0 Å². The van der Waals surface area contributed by atoms with E-state index in [4.69, 9.17) is 10.2 Å². The van der Waals surface area contributed by atoms with Crippen molar-refractivity contribution in [1.82, 2.24) is 0 Å². The lowest BCUT2D eigenvalue weighted by atomic mass is 10.1. The van der Waals surface area contributed by atoms with Gasteiger partial charge in [-0.15, -0.1) is 6.58 Å². The third-order valence-electron chi connectivity index (χ3n) is 1.58. The van der Waals surface area contributed by atoms with Gasteiger partial charge in [-0.3, -0.25) is 0 Å². The Morgan fingerprint density at radius 1 is 1.17 bits per heavy atom. The number of phenols is 3. The molecule has 0 radical (unpaired) electrons. The second-order valence-corrected chi connectivity index (χ2v) is 2.43. The smallest absolute Gasteiger partial charge is 0.200 e. The molecule has 0 saturated heterocycles. The highest BCUT2D eigenvalue weighted by atomic mass is 16.3. The van der Waals surface area contributed by atoms with Crippen LogP contribution in [0.1, 0.15) is 5.56 Å². The highest BCUT2D eigenvalue weighted by Crippen LogP contribution is 2.37. The van der Waals surface area contributed by atoms with E-state index >= 15 is 0 Å². The maximum absolute atomic E-state index is 9.25. The molecule has 0 saturated carbocycles. The predicted molar refractivity (Wildman–Crippen MR) is 45.3 cm³/mol. The molecule has 0 atom stereocenters. The molecule has 0 bridgehead atoms. The van der Waals surface area contributed by atoms with E-state index in [0.717, 1.165) is 0 Å². The Labute approximate surface area is 70.2 Å². The number of aromatic hydroxyl groups is 3. The molecular formula is C9H10O3. The molecule has 0 aliphatic rings. The molecule has 3 nitrogen and oxygen atoms in total. The van der Waals surface area contributed by atoms with Gasteiger partial charge in [-0.1, -0.05) is 12.1 Å². The number of hydrogen-bond acceptors (Lipinski definition) is 3. The van der Waals surface area contributed by atoms with Crippen LogP contribution in [-0.2, 0) is 6.42 Å². The molecule has 0 fully saturated rings. The van der Waals surface area contributed by atoms with E-state index in [9.17, 15) is 5.11 Å². The van der Waals surface area contributed by atoms with Gasteiger partial charge in [-0.2, -0.15) is 0 Å². The zero-order valence-corrected chi connectivity index (χ0v) is 6.49. The summed E-state index contributed by atoms with van der Waals surface area (Å²) in [7, 11) is 0. The van der Waals surface area contributed by atoms with E-state index in [2.05, 4.69) is 6.58 Å². The Hall–Kier alpha value is -1.64. The number of rotatable bonds is 2. The summed E-state index contributed by atoms with van der Waals surface area (Å²) in [6, 6.07) is 2.86. The van der Waals surface area contributed by atoms with Crippen molar-refractivity contribution < 1.29 is 15.3 Å². The first-order valence-corrected chi connectivity index (χ1v) is 3.50. The highest BCUT2D eigenvalue weighted by Gasteiger charge is 2.08. The lowest BCUT2D eigenvalue weighted by molar-refractivity contribution is 0.365. The topological polar surface area (TPSA) is 60.7 Å². The second-order valence-electron chi connectivity index (χ2n) is 2.43. The van der Waals surface area contributed by atoms with E-state index in [-0.39, 0.29) is 11.5 Å². The molecule has 1 aromatic carbocycles. The molecular weight excluding hydrogens is 156 g/mol. The first-order chi connectivity index (χ1) is 5.66. The zero-order valence-electron chi connectivity index (χ0n) is 6.49. The number of allylic oxidation sites excluding steroid dienone is 1. The average Bonchev–Trinajstić information content (AvgIpc) is 2.07. The van der Waals surface area contributed by atoms with Gasteiger partial charge in [0.05, 0.1) is 0 Å². The van der Waals surface area contributed by atoms with Gasteiger partial charge >= 0.3 is 0 Å². The SMILES string of the molecule is C=CCc1ccc(O)c(O)c1O. The zero-order chi connectivity index (χ0) is 9.14. The third-order valence-corrected chi connectivity index (χ3v) is 1.58. The maximum Gasteiger partial charge on any atom is 0.200 e. The summed E-state index contributed by atoms with van der Waals surface area (Å²) in [6.45, 7) is 3.49. The van der Waals surface area contributed by atoms with Crippen LogP contribution in [0, 0.1) is 0 Å². The van der Waals surface area contributed by atoms with Crippen molar-refractivity contribution in [2.24, 2.45) is 0 Å². The van der Waals surface area contributed by atoms with Crippen molar-refractivity contribution in [2.45, 2.75) is 6.42 Å². The largest absolute Gasteiger partial charge is 0.504 e. The van der Waals surface area contributed by atoms with Crippen LogP contribution in [0.4, 0.5) is 0 Å². The fourth-order valence-corrected chi connectivity index (χ4v) is 0.931. The summed E-state index contributed by atoms with van der Waals surface area (Å²) in [4.78, 5) is 0. The number of phenolic OH excluding ortho intramolecular Hbond substituents is 3. The standard InChI is InChI=1S/C9H10O3/c1-2-3-6-4-5-7(10)9(12)8(6)11/h2,4-5,10-12H,1,3H2. The van der Waals surface area contributed by atoms with Crippen LogP contribution in [-0.4, -0.2) is 15.3 Å². The van der Waals surface area contributed by atoms with Gasteiger partial charge < -0.3 is 15.3 Å². The first-order valence-electron chi connectivity index (χ1n) is 3.50. The summed E-state index contributed by atoms with van der Waals surface area (Å²) < 4.78 is 0. The van der Waals surface area contributed by atoms with Crippen molar-refractivity contribution in [3.63, 3.8) is 0 Å². The summed E-state index contributed by atoms with van der Waals surface area (Å²) in [5, 5.41) is 27.3. The molecule has 1 rings (SSSR count). The van der Waals surface area contributed by atoms with E-state index in [1.54, 1.807) is 6.08 Å². The quantitative estimate of drug-likeness (QED) is 0.461. The van der Waals surface area contributed by atoms with Crippen molar-refractivity contribution in [2.75, 3.05) is 0 Å². The molecule has 0 amide bonds. The highest BCUT2D eigenvalue weighted by molar-refractivity contribution is 5.53. The van der Waals surface area contributed by atoms with Crippen LogP contribution >= 0.6 is 0 Å². The molecule has 64 valence electrons. The molecule has 3 N–H and O–H groups in total. The maximum atomic E-state index is 9.25. The lowest BCUT2D eigenvalue weighted by Gasteiger charge is -2.04. The first kappa shape index (κ1) is 8.46. The Kier molecular flexibility index (Phi) is 2.24. The van der Waals surface area contributed by atoms with Crippen molar-refractivity contribution in [3.05, 3.63) is 30.4 Å². The Bertz CT molecular complexity index is 305. The predicted octanol–water partition coefficient (Wildman–Crippen LogP) is 1.53. The van der Waals surface area contributed by atoms with Gasteiger partial charge in [0.15, 0.2) is 11.5 Å². The van der Waals surface area contributed by atoms with E-state index < -0.39 is 5.75 Å². The van der Waals surface area contributed by atoms with Crippen molar-refractivity contribution in [3.8, 4) is 17.2 Å². The Morgan fingerprint density at radius 3 is 2.42 bits per heavy atom. The van der Waals surface area contributed by atoms with Crippen molar-refractivity contribution in [1.29, 1.82) is 0 Å². The molecule has 0 unspecified atom stereocenters. The summed E-state index contributed by atoms with van der Waals surface area (Å²) in [5.41, 5.74) is 0.542. The summed E-state index contributed by atoms with van der Waals surface area (Å²) in [6.07, 6.45) is 2.06. The van der Waals surface area contributed by atoms with E-state index in [1.807, 2.05) is 0 Å². The van der Waals surface area contributed by atoms with Crippen LogP contribution < -0.4 is 0 Å². The summed E-state index contributed by atoms with van der Waals surface area (Å²) >= 11 is 0.